The van der Waals surface area contributed by atoms with Crippen LogP contribution in [0.1, 0.15) is 43.3 Å². The van der Waals surface area contributed by atoms with Crippen molar-refractivity contribution in [3.63, 3.8) is 0 Å². The molecule has 2 aromatic heterocycles. The number of carbonyl (C=O) groups is 1. The molecule has 0 saturated carbocycles. The van der Waals surface area contributed by atoms with E-state index in [1.807, 2.05) is 26.2 Å². The number of amides is 2. The number of thiazole rings is 1. The van der Waals surface area contributed by atoms with Gasteiger partial charge in [0.2, 0.25) is 0 Å². The third-order valence-electron chi connectivity index (χ3n) is 3.37. The third kappa shape index (κ3) is 4.07. The van der Waals surface area contributed by atoms with Gasteiger partial charge in [0.15, 0.2) is 5.82 Å². The van der Waals surface area contributed by atoms with Crippen molar-refractivity contribution in [3.8, 4) is 6.07 Å². The molecule has 0 bridgehead atoms. The van der Waals surface area contributed by atoms with E-state index in [1.165, 1.54) is 0 Å². The summed E-state index contributed by atoms with van der Waals surface area (Å²) in [7, 11) is 1.71. The molecular formula is C15H20N6OS. The number of nitrogens with zero attached hydrogens (tertiary/aromatic N) is 5. The van der Waals surface area contributed by atoms with Crippen molar-refractivity contribution in [2.24, 2.45) is 0 Å². The molecule has 0 fully saturated rings. The Balaban J connectivity index is 2.02. The van der Waals surface area contributed by atoms with Crippen molar-refractivity contribution >= 4 is 23.2 Å². The standard InChI is InChI=1S/C15H20N6OS/c1-10(2)21-9-12(7-16)13(19-21)18-15(22)20(4)8-11(3)14-17-5-6-23-14/h5-6,9-11H,8H2,1-4H3,(H,18,19,22)/t11-/m0/s1. The van der Waals surface area contributed by atoms with Crippen molar-refractivity contribution < 1.29 is 4.79 Å². The first kappa shape index (κ1) is 17.0. The SMILES string of the molecule is CC(C)n1cc(C#N)c(NC(=O)N(C)C[C@H](C)c2nccs2)n1. The molecule has 8 heteroatoms. The summed E-state index contributed by atoms with van der Waals surface area (Å²) in [6.45, 7) is 6.48. The lowest BCUT2D eigenvalue weighted by molar-refractivity contribution is 0.220. The maximum atomic E-state index is 12.3. The lowest BCUT2D eigenvalue weighted by Gasteiger charge is -2.20. The summed E-state index contributed by atoms with van der Waals surface area (Å²) in [6.07, 6.45) is 3.40. The molecule has 7 nitrogen and oxygen atoms in total. The minimum absolute atomic E-state index is 0.121. The topological polar surface area (TPSA) is 86.8 Å². The van der Waals surface area contributed by atoms with Crippen LogP contribution >= 0.6 is 11.3 Å². The predicted octanol–water partition coefficient (Wildman–Crippen LogP) is 3.06. The van der Waals surface area contributed by atoms with Gasteiger partial charge in [-0.25, -0.2) is 9.78 Å². The van der Waals surface area contributed by atoms with Gasteiger partial charge in [0.1, 0.15) is 11.6 Å². The number of anilines is 1. The van der Waals surface area contributed by atoms with Crippen LogP contribution < -0.4 is 5.32 Å². The molecule has 0 aliphatic carbocycles. The summed E-state index contributed by atoms with van der Waals surface area (Å²) in [6, 6.07) is 1.88. The fourth-order valence-corrected chi connectivity index (χ4v) is 2.77. The highest BCUT2D eigenvalue weighted by molar-refractivity contribution is 7.09. The second-order valence-electron chi connectivity index (χ2n) is 5.66. The van der Waals surface area contributed by atoms with Gasteiger partial charge in [-0.1, -0.05) is 6.92 Å². The number of hydrogen-bond donors (Lipinski definition) is 1. The first-order chi connectivity index (χ1) is 10.9. The molecule has 0 spiro atoms. The summed E-state index contributed by atoms with van der Waals surface area (Å²) in [5.74, 6) is 0.439. The van der Waals surface area contributed by atoms with Crippen molar-refractivity contribution in [2.75, 3.05) is 18.9 Å². The van der Waals surface area contributed by atoms with Crippen LogP contribution in [0.3, 0.4) is 0 Å². The zero-order chi connectivity index (χ0) is 17.0. The van der Waals surface area contributed by atoms with E-state index in [2.05, 4.69) is 21.5 Å². The van der Waals surface area contributed by atoms with Gasteiger partial charge in [0.05, 0.1) is 5.01 Å². The second-order valence-corrected chi connectivity index (χ2v) is 6.59. The number of carbonyl (C=O) groups excluding carboxylic acids is 1. The van der Waals surface area contributed by atoms with Crippen LogP contribution in [0.5, 0.6) is 0 Å². The molecule has 0 saturated heterocycles. The van der Waals surface area contributed by atoms with Gasteiger partial charge in [0, 0.05) is 43.3 Å². The van der Waals surface area contributed by atoms with Crippen LogP contribution in [0, 0.1) is 11.3 Å². The fraction of sp³-hybridized carbons (Fsp3) is 0.467. The zero-order valence-corrected chi connectivity index (χ0v) is 14.5. The van der Waals surface area contributed by atoms with E-state index >= 15 is 0 Å². The molecule has 23 heavy (non-hydrogen) atoms. The molecule has 0 radical (unpaired) electrons. The van der Waals surface area contributed by atoms with Crippen molar-refractivity contribution in [3.05, 3.63) is 28.3 Å². The normalized spacial score (nSPS) is 12.0. The highest BCUT2D eigenvalue weighted by atomic mass is 32.1. The fourth-order valence-electron chi connectivity index (χ4n) is 2.08. The Kier molecular flexibility index (Phi) is 5.34. The molecule has 0 aromatic carbocycles. The lowest BCUT2D eigenvalue weighted by atomic mass is 10.2. The summed E-state index contributed by atoms with van der Waals surface area (Å²) >= 11 is 1.57. The summed E-state index contributed by atoms with van der Waals surface area (Å²) < 4.78 is 1.66. The first-order valence-electron chi connectivity index (χ1n) is 7.33. The van der Waals surface area contributed by atoms with E-state index in [1.54, 1.807) is 40.4 Å². The summed E-state index contributed by atoms with van der Waals surface area (Å²) in [5, 5.41) is 19.0. The number of urea groups is 1. The van der Waals surface area contributed by atoms with E-state index < -0.39 is 0 Å². The monoisotopic (exact) mass is 332 g/mol. The van der Waals surface area contributed by atoms with Crippen LogP contribution in [-0.4, -0.2) is 39.3 Å². The van der Waals surface area contributed by atoms with Gasteiger partial charge in [-0.2, -0.15) is 10.4 Å². The molecule has 0 aliphatic rings. The van der Waals surface area contributed by atoms with Crippen molar-refractivity contribution in [1.82, 2.24) is 19.7 Å². The van der Waals surface area contributed by atoms with Crippen LogP contribution in [-0.2, 0) is 0 Å². The Morgan fingerprint density at radius 2 is 2.26 bits per heavy atom. The van der Waals surface area contributed by atoms with Gasteiger partial charge in [0.25, 0.3) is 0 Å². The molecular weight excluding hydrogens is 312 g/mol. The largest absolute Gasteiger partial charge is 0.327 e. The maximum absolute atomic E-state index is 12.3. The quantitative estimate of drug-likeness (QED) is 0.911. The average Bonchev–Trinajstić information content (AvgIpc) is 3.16. The highest BCUT2D eigenvalue weighted by Crippen LogP contribution is 2.19. The van der Waals surface area contributed by atoms with E-state index in [4.69, 9.17) is 5.26 Å². The molecule has 1 N–H and O–H groups in total. The molecule has 0 unspecified atom stereocenters. The van der Waals surface area contributed by atoms with Gasteiger partial charge >= 0.3 is 6.03 Å². The highest BCUT2D eigenvalue weighted by Gasteiger charge is 2.18. The Labute approximate surface area is 139 Å². The van der Waals surface area contributed by atoms with Gasteiger partial charge in [-0.15, -0.1) is 11.3 Å². The first-order valence-corrected chi connectivity index (χ1v) is 8.21. The molecule has 2 rings (SSSR count). The number of aromatic nitrogens is 3. The second kappa shape index (κ2) is 7.24. The predicted molar refractivity (Wildman–Crippen MR) is 89.5 cm³/mol. The number of nitrogens with one attached hydrogen (secondary N) is 1. The van der Waals surface area contributed by atoms with Crippen LogP contribution in [0.25, 0.3) is 0 Å². The zero-order valence-electron chi connectivity index (χ0n) is 13.6. The van der Waals surface area contributed by atoms with Crippen molar-refractivity contribution in [1.29, 1.82) is 5.26 Å². The smallest absolute Gasteiger partial charge is 0.322 e. The number of likely N-dealkylation sites (N-methyl/N-ethyl adjacent to an activating group) is 1. The molecule has 122 valence electrons. The molecule has 2 aromatic rings. The summed E-state index contributed by atoms with van der Waals surface area (Å²) in [4.78, 5) is 18.1. The van der Waals surface area contributed by atoms with Gasteiger partial charge < -0.3 is 4.90 Å². The molecule has 1 atom stereocenters. The van der Waals surface area contributed by atoms with E-state index in [9.17, 15) is 4.79 Å². The Bertz CT molecular complexity index is 700. The lowest BCUT2D eigenvalue weighted by Crippen LogP contribution is -2.34. The van der Waals surface area contributed by atoms with Gasteiger partial charge in [-0.05, 0) is 13.8 Å². The van der Waals surface area contributed by atoms with E-state index in [0.29, 0.717) is 17.9 Å². The minimum atomic E-state index is -0.293. The molecule has 2 amide bonds. The number of nitriles is 1. The third-order valence-corrected chi connectivity index (χ3v) is 4.38. The molecule has 0 aliphatic heterocycles. The van der Waals surface area contributed by atoms with Gasteiger partial charge in [-0.3, -0.25) is 10.00 Å². The minimum Gasteiger partial charge on any atom is -0.327 e. The average molecular weight is 332 g/mol. The number of hydrogen-bond acceptors (Lipinski definition) is 5. The van der Waals surface area contributed by atoms with Crippen LogP contribution in [0.15, 0.2) is 17.8 Å². The Morgan fingerprint density at radius 1 is 1.52 bits per heavy atom. The van der Waals surface area contributed by atoms with E-state index in [0.717, 1.165) is 5.01 Å². The van der Waals surface area contributed by atoms with Crippen LogP contribution in [0.2, 0.25) is 0 Å². The Hall–Kier alpha value is -2.40. The number of rotatable bonds is 5. The Morgan fingerprint density at radius 3 is 2.83 bits per heavy atom. The summed E-state index contributed by atoms with van der Waals surface area (Å²) in [5.41, 5.74) is 0.355. The molecule has 2 heterocycles. The van der Waals surface area contributed by atoms with E-state index in [-0.39, 0.29) is 18.0 Å². The van der Waals surface area contributed by atoms with Crippen molar-refractivity contribution in [2.45, 2.75) is 32.7 Å². The van der Waals surface area contributed by atoms with Crippen LogP contribution in [0.4, 0.5) is 10.6 Å². The maximum Gasteiger partial charge on any atom is 0.322 e.